The zero-order valence-electron chi connectivity index (χ0n) is 23.2. The Labute approximate surface area is 248 Å². The lowest BCUT2D eigenvalue weighted by Crippen LogP contribution is -2.37. The average Bonchev–Trinajstić information content (AvgIpc) is 3.06. The third-order valence-electron chi connectivity index (χ3n) is 6.74. The van der Waals surface area contributed by atoms with Gasteiger partial charge in [-0.15, -0.1) is 0 Å². The van der Waals surface area contributed by atoms with Crippen molar-refractivity contribution in [1.29, 1.82) is 0 Å². The minimum atomic E-state index is -0.426. The topological polar surface area (TPSA) is 122 Å². The van der Waals surface area contributed by atoms with Crippen LogP contribution in [0.15, 0.2) is 114 Å². The normalized spacial score (nSPS) is 13.2. The number of hydrogen-bond donors (Lipinski definition) is 1. The zero-order valence-corrected chi connectivity index (χ0v) is 23.2. The Kier molecular flexibility index (Phi) is 8.23. The summed E-state index contributed by atoms with van der Waals surface area (Å²) in [4.78, 5) is 33.9. The van der Waals surface area contributed by atoms with Gasteiger partial charge in [0, 0.05) is 42.8 Å². The van der Waals surface area contributed by atoms with E-state index in [0.29, 0.717) is 55.5 Å². The van der Waals surface area contributed by atoms with E-state index in [4.69, 9.17) is 19.7 Å². The van der Waals surface area contributed by atoms with Gasteiger partial charge in [-0.05, 0) is 54.1 Å². The van der Waals surface area contributed by atoms with Crippen LogP contribution >= 0.6 is 0 Å². The summed E-state index contributed by atoms with van der Waals surface area (Å²) in [6.07, 6.45) is 1.66. The van der Waals surface area contributed by atoms with Crippen LogP contribution in [0.5, 0.6) is 0 Å². The highest BCUT2D eigenvalue weighted by Gasteiger charge is 2.22. The molecule has 0 unspecified atom stereocenters. The number of non-ortho nitro benzene ring substituents is 1. The van der Waals surface area contributed by atoms with Gasteiger partial charge in [0.2, 0.25) is 17.8 Å². The largest absolute Gasteiger partial charge is 0.378 e. The van der Waals surface area contributed by atoms with Crippen molar-refractivity contribution >= 4 is 52.5 Å². The Balaban J connectivity index is 1.38. The van der Waals surface area contributed by atoms with Gasteiger partial charge in [0.25, 0.3) is 5.69 Å². The number of aliphatic imine (C=N–C) groups is 1. The third kappa shape index (κ3) is 6.63. The van der Waals surface area contributed by atoms with Crippen LogP contribution in [0.2, 0.25) is 0 Å². The number of aromatic nitrogens is 3. The molecule has 4 aromatic carbocycles. The SMILES string of the molecule is O=[N+]([O-])c1ccc(C=Nc2ccccc2Nc2nc(N3CCOCC3)nc(N(c3ccccc3)c3ccccc3)n2)cc1. The molecule has 0 amide bonds. The monoisotopic (exact) mass is 572 g/mol. The van der Waals surface area contributed by atoms with E-state index < -0.39 is 4.92 Å². The molecule has 0 spiro atoms. The molecule has 0 atom stereocenters. The smallest absolute Gasteiger partial charge is 0.269 e. The van der Waals surface area contributed by atoms with Crippen molar-refractivity contribution in [3.63, 3.8) is 0 Å². The van der Waals surface area contributed by atoms with Crippen LogP contribution in [-0.4, -0.2) is 52.4 Å². The number of nitro benzene ring substituents is 1. The summed E-state index contributed by atoms with van der Waals surface area (Å²) < 4.78 is 5.57. The summed E-state index contributed by atoms with van der Waals surface area (Å²) >= 11 is 0. The number of nitro groups is 1. The van der Waals surface area contributed by atoms with Gasteiger partial charge >= 0.3 is 0 Å². The van der Waals surface area contributed by atoms with Gasteiger partial charge in [0.15, 0.2) is 0 Å². The molecule has 0 saturated carbocycles. The Morgan fingerprint density at radius 3 is 2.09 bits per heavy atom. The lowest BCUT2D eigenvalue weighted by molar-refractivity contribution is -0.384. The second kappa shape index (κ2) is 12.9. The van der Waals surface area contributed by atoms with Gasteiger partial charge in [0.1, 0.15) is 0 Å². The second-order valence-corrected chi connectivity index (χ2v) is 9.61. The molecule has 1 N–H and O–H groups in total. The van der Waals surface area contributed by atoms with E-state index in [-0.39, 0.29) is 5.69 Å². The van der Waals surface area contributed by atoms with Gasteiger partial charge in [-0.25, -0.2) is 0 Å². The molecule has 1 aromatic heterocycles. The molecular formula is C32H28N8O3. The molecule has 5 aromatic rings. The number of ether oxygens (including phenoxy) is 1. The van der Waals surface area contributed by atoms with Gasteiger partial charge in [-0.1, -0.05) is 48.5 Å². The highest BCUT2D eigenvalue weighted by Crippen LogP contribution is 2.34. The number of benzene rings is 4. The quantitative estimate of drug-likeness (QED) is 0.119. The van der Waals surface area contributed by atoms with Crippen LogP contribution in [0.1, 0.15) is 5.56 Å². The summed E-state index contributed by atoms with van der Waals surface area (Å²) in [5.41, 5.74) is 3.92. The molecular weight excluding hydrogens is 544 g/mol. The van der Waals surface area contributed by atoms with Crippen LogP contribution in [0, 0.1) is 10.1 Å². The van der Waals surface area contributed by atoms with Crippen molar-refractivity contribution in [2.24, 2.45) is 4.99 Å². The molecule has 0 bridgehead atoms. The summed E-state index contributed by atoms with van der Waals surface area (Å²) in [6.45, 7) is 2.50. The number of rotatable bonds is 9. The van der Waals surface area contributed by atoms with Crippen LogP contribution < -0.4 is 15.1 Å². The number of anilines is 6. The van der Waals surface area contributed by atoms with E-state index >= 15 is 0 Å². The molecule has 1 aliphatic heterocycles. The minimum absolute atomic E-state index is 0.0287. The summed E-state index contributed by atoms with van der Waals surface area (Å²) in [7, 11) is 0. The van der Waals surface area contributed by atoms with E-state index in [1.165, 1.54) is 12.1 Å². The Morgan fingerprint density at radius 1 is 0.814 bits per heavy atom. The first-order valence-electron chi connectivity index (χ1n) is 13.8. The molecule has 1 fully saturated rings. The molecule has 1 aliphatic rings. The number of morpholine rings is 1. The summed E-state index contributed by atoms with van der Waals surface area (Å²) in [5, 5.41) is 14.4. The fourth-order valence-corrected chi connectivity index (χ4v) is 4.59. The maximum absolute atomic E-state index is 11.0. The Hall–Kier alpha value is -5.68. The van der Waals surface area contributed by atoms with E-state index in [2.05, 4.69) is 15.2 Å². The number of nitrogens with zero attached hydrogens (tertiary/aromatic N) is 7. The third-order valence-corrected chi connectivity index (χ3v) is 6.74. The van der Waals surface area contributed by atoms with Gasteiger partial charge < -0.3 is 15.0 Å². The second-order valence-electron chi connectivity index (χ2n) is 9.61. The van der Waals surface area contributed by atoms with Crippen molar-refractivity contribution in [3.8, 4) is 0 Å². The van der Waals surface area contributed by atoms with Crippen molar-refractivity contribution < 1.29 is 9.66 Å². The number of hydrogen-bond acceptors (Lipinski definition) is 10. The first-order valence-corrected chi connectivity index (χ1v) is 13.8. The zero-order chi connectivity index (χ0) is 29.4. The van der Waals surface area contributed by atoms with Gasteiger partial charge in [-0.3, -0.25) is 20.0 Å². The molecule has 6 rings (SSSR count). The lowest BCUT2D eigenvalue weighted by Gasteiger charge is -2.29. The first kappa shape index (κ1) is 27.5. The van der Waals surface area contributed by atoms with Crippen LogP contribution in [0.3, 0.4) is 0 Å². The van der Waals surface area contributed by atoms with Crippen LogP contribution in [0.4, 0.5) is 46.3 Å². The van der Waals surface area contributed by atoms with E-state index in [0.717, 1.165) is 16.9 Å². The van der Waals surface area contributed by atoms with Crippen LogP contribution in [-0.2, 0) is 4.74 Å². The standard InChI is InChI=1S/C32H28N8O3/c41-40(42)27-17-15-24(16-18-27)23-33-28-13-7-8-14-29(28)34-30-35-31(38-19-21-43-22-20-38)37-32(36-30)39(25-9-3-1-4-10-25)26-11-5-2-6-12-26/h1-18,23H,19-22H2,(H,34,35,36,37). The highest BCUT2D eigenvalue weighted by molar-refractivity contribution is 5.85. The van der Waals surface area contributed by atoms with Crippen molar-refractivity contribution in [1.82, 2.24) is 15.0 Å². The summed E-state index contributed by atoms with van der Waals surface area (Å²) in [6, 6.07) is 33.7. The maximum atomic E-state index is 11.0. The molecule has 0 radical (unpaired) electrons. The van der Waals surface area contributed by atoms with Gasteiger partial charge in [0.05, 0.1) is 29.5 Å². The van der Waals surface area contributed by atoms with Crippen LogP contribution in [0.25, 0.3) is 0 Å². The molecule has 43 heavy (non-hydrogen) atoms. The summed E-state index contributed by atoms with van der Waals surface area (Å²) in [5.74, 6) is 1.36. The van der Waals surface area contributed by atoms with E-state index in [9.17, 15) is 10.1 Å². The average molecular weight is 573 g/mol. The predicted molar refractivity (Wildman–Crippen MR) is 168 cm³/mol. The maximum Gasteiger partial charge on any atom is 0.269 e. The molecule has 0 aliphatic carbocycles. The van der Waals surface area contributed by atoms with Crippen molar-refractivity contribution in [2.45, 2.75) is 0 Å². The molecule has 1 saturated heterocycles. The minimum Gasteiger partial charge on any atom is -0.378 e. The first-order chi connectivity index (χ1) is 21.1. The molecule has 11 heteroatoms. The van der Waals surface area contributed by atoms with E-state index in [1.807, 2.05) is 89.8 Å². The lowest BCUT2D eigenvalue weighted by atomic mass is 10.2. The fourth-order valence-electron chi connectivity index (χ4n) is 4.59. The fraction of sp³-hybridized carbons (Fsp3) is 0.125. The molecule has 11 nitrogen and oxygen atoms in total. The van der Waals surface area contributed by atoms with Crippen molar-refractivity contribution in [3.05, 3.63) is 125 Å². The molecule has 214 valence electrons. The van der Waals surface area contributed by atoms with E-state index in [1.54, 1.807) is 18.3 Å². The highest BCUT2D eigenvalue weighted by atomic mass is 16.6. The number of nitrogens with one attached hydrogen (secondary N) is 1. The molecule has 2 heterocycles. The Bertz CT molecular complexity index is 1670. The van der Waals surface area contributed by atoms with Gasteiger partial charge in [-0.2, -0.15) is 15.0 Å². The Morgan fingerprint density at radius 2 is 1.44 bits per heavy atom. The number of para-hydroxylation sites is 4. The van der Waals surface area contributed by atoms with Crippen molar-refractivity contribution in [2.75, 3.05) is 41.4 Å². The predicted octanol–water partition coefficient (Wildman–Crippen LogP) is 6.58.